The van der Waals surface area contributed by atoms with E-state index in [2.05, 4.69) is 12.2 Å². The van der Waals surface area contributed by atoms with Gasteiger partial charge in [-0.15, -0.1) is 0 Å². The van der Waals surface area contributed by atoms with Crippen molar-refractivity contribution in [1.82, 2.24) is 3.97 Å². The number of rotatable bonds is 1. The molecule has 80 valence electrons. The number of fused-ring (bicyclic) bond motifs is 1. The average molecular weight is 223 g/mol. The summed E-state index contributed by atoms with van der Waals surface area (Å²) in [5, 5.41) is 0. The molecule has 1 aromatic rings. The van der Waals surface area contributed by atoms with Crippen molar-refractivity contribution in [2.24, 2.45) is 0 Å². The minimum atomic E-state index is -3.13. The highest BCUT2D eigenvalue weighted by molar-refractivity contribution is 7.89. The Hall–Kier alpha value is -1.03. The van der Waals surface area contributed by atoms with Crippen LogP contribution < -0.4 is 0 Å². The molecule has 0 N–H and O–H groups in total. The lowest BCUT2D eigenvalue weighted by Crippen LogP contribution is -2.14. The quantitative estimate of drug-likeness (QED) is 0.681. The summed E-state index contributed by atoms with van der Waals surface area (Å²) in [6.07, 6.45) is 11.5. The molecule has 1 heterocycles. The Morgan fingerprint density at radius 3 is 1.93 bits per heavy atom. The zero-order valence-electron chi connectivity index (χ0n) is 8.55. The van der Waals surface area contributed by atoms with E-state index in [9.17, 15) is 8.42 Å². The average Bonchev–Trinajstić information content (AvgIpc) is 2.64. The molecule has 2 bridgehead atoms. The third-order valence-electron chi connectivity index (χ3n) is 3.41. The second-order valence-electron chi connectivity index (χ2n) is 4.44. The third-order valence-corrected chi connectivity index (χ3v) is 4.39. The molecule has 2 unspecified atom stereocenters. The highest BCUT2D eigenvalue weighted by Crippen LogP contribution is 2.45. The molecular formula is C11H13NO2S. The Morgan fingerprint density at radius 1 is 1.13 bits per heavy atom. The van der Waals surface area contributed by atoms with Crippen LogP contribution in [0, 0.1) is 0 Å². The molecule has 0 aliphatic heterocycles. The minimum absolute atomic E-state index is 0.438. The van der Waals surface area contributed by atoms with Crippen molar-refractivity contribution in [1.29, 1.82) is 0 Å². The molecule has 0 aromatic carbocycles. The van der Waals surface area contributed by atoms with Gasteiger partial charge in [0.05, 0.1) is 6.26 Å². The number of hydrogen-bond donors (Lipinski definition) is 0. The van der Waals surface area contributed by atoms with Gasteiger partial charge >= 0.3 is 0 Å². The normalized spacial score (nSPS) is 28.1. The Bertz CT molecular complexity index is 507. The first-order valence-corrected chi connectivity index (χ1v) is 7.01. The summed E-state index contributed by atoms with van der Waals surface area (Å²) < 4.78 is 24.2. The van der Waals surface area contributed by atoms with Crippen LogP contribution >= 0.6 is 0 Å². The molecule has 0 saturated heterocycles. The summed E-state index contributed by atoms with van der Waals surface area (Å²) in [5.74, 6) is 0.876. The number of nitrogens with zero attached hydrogens (tertiary/aromatic N) is 1. The first-order valence-electron chi connectivity index (χ1n) is 5.16. The van der Waals surface area contributed by atoms with Crippen molar-refractivity contribution in [2.45, 2.75) is 24.7 Å². The molecule has 0 spiro atoms. The standard InChI is InChI=1S/C11H13NO2S/c1-15(13,14)12-6-10-8-2-3-9(5-4-8)11(10)7-12/h2-3,6-9H,4-5H2,1H3. The smallest absolute Gasteiger partial charge is 0.235 e. The largest absolute Gasteiger partial charge is 0.253 e. The zero-order valence-corrected chi connectivity index (χ0v) is 9.37. The van der Waals surface area contributed by atoms with Gasteiger partial charge in [0.1, 0.15) is 0 Å². The van der Waals surface area contributed by atoms with Crippen LogP contribution in [-0.4, -0.2) is 18.6 Å². The van der Waals surface area contributed by atoms with Gasteiger partial charge in [-0.25, -0.2) is 8.42 Å². The Balaban J connectivity index is 2.18. The Morgan fingerprint density at radius 2 is 1.60 bits per heavy atom. The summed E-state index contributed by atoms with van der Waals surface area (Å²) in [4.78, 5) is 0. The van der Waals surface area contributed by atoms with E-state index in [1.54, 1.807) is 12.4 Å². The van der Waals surface area contributed by atoms with Gasteiger partial charge in [0.25, 0.3) is 0 Å². The molecule has 3 nitrogen and oxygen atoms in total. The fourth-order valence-electron chi connectivity index (χ4n) is 2.61. The van der Waals surface area contributed by atoms with Crippen LogP contribution in [0.1, 0.15) is 35.8 Å². The lowest BCUT2D eigenvalue weighted by molar-refractivity contribution is 0.557. The first-order chi connectivity index (χ1) is 7.05. The second-order valence-corrected chi connectivity index (χ2v) is 6.32. The lowest BCUT2D eigenvalue weighted by atomic mass is 9.74. The predicted octanol–water partition coefficient (Wildman–Crippen LogP) is 1.83. The van der Waals surface area contributed by atoms with Crippen molar-refractivity contribution in [3.05, 3.63) is 35.7 Å². The van der Waals surface area contributed by atoms with Gasteiger partial charge in [0.2, 0.25) is 10.0 Å². The fourth-order valence-corrected chi connectivity index (χ4v) is 3.22. The molecule has 2 atom stereocenters. The Labute approximate surface area is 89.5 Å². The van der Waals surface area contributed by atoms with E-state index >= 15 is 0 Å². The van der Waals surface area contributed by atoms with Gasteiger partial charge < -0.3 is 0 Å². The molecule has 3 aliphatic carbocycles. The highest BCUT2D eigenvalue weighted by Gasteiger charge is 2.31. The van der Waals surface area contributed by atoms with Gasteiger partial charge in [0.15, 0.2) is 0 Å². The van der Waals surface area contributed by atoms with Crippen LogP contribution in [0.3, 0.4) is 0 Å². The SMILES string of the molecule is CS(=O)(=O)n1cc2c(c1)C1C=CC2CC1. The second kappa shape index (κ2) is 2.76. The van der Waals surface area contributed by atoms with Crippen molar-refractivity contribution in [2.75, 3.05) is 6.26 Å². The van der Waals surface area contributed by atoms with E-state index < -0.39 is 10.0 Å². The molecule has 0 saturated carbocycles. The highest BCUT2D eigenvalue weighted by atomic mass is 32.2. The molecule has 4 rings (SSSR count). The summed E-state index contributed by atoms with van der Waals surface area (Å²) in [6.45, 7) is 0. The van der Waals surface area contributed by atoms with Crippen molar-refractivity contribution in [3.8, 4) is 0 Å². The number of hydrogen-bond acceptors (Lipinski definition) is 2. The summed E-state index contributed by atoms with van der Waals surface area (Å²) in [6, 6.07) is 0. The van der Waals surface area contributed by atoms with E-state index in [4.69, 9.17) is 0 Å². The van der Waals surface area contributed by atoms with Crippen molar-refractivity contribution in [3.63, 3.8) is 0 Å². The molecule has 15 heavy (non-hydrogen) atoms. The minimum Gasteiger partial charge on any atom is -0.253 e. The lowest BCUT2D eigenvalue weighted by Gasteiger charge is -2.30. The number of aromatic nitrogens is 1. The van der Waals surface area contributed by atoms with E-state index in [-0.39, 0.29) is 0 Å². The van der Waals surface area contributed by atoms with E-state index in [1.807, 2.05) is 0 Å². The van der Waals surface area contributed by atoms with Crippen molar-refractivity contribution >= 4 is 10.0 Å². The molecule has 0 radical (unpaired) electrons. The van der Waals surface area contributed by atoms with Crippen molar-refractivity contribution < 1.29 is 8.42 Å². The van der Waals surface area contributed by atoms with Crippen LogP contribution in [0.2, 0.25) is 0 Å². The molecule has 0 fully saturated rings. The Kier molecular flexibility index (Phi) is 1.69. The maximum absolute atomic E-state index is 11.4. The van der Waals surface area contributed by atoms with Crippen LogP contribution in [-0.2, 0) is 10.0 Å². The molecule has 4 heteroatoms. The summed E-state index contributed by atoms with van der Waals surface area (Å²) in [7, 11) is -3.13. The van der Waals surface area contributed by atoms with Crippen LogP contribution in [0.25, 0.3) is 0 Å². The number of allylic oxidation sites excluding steroid dienone is 2. The monoisotopic (exact) mass is 223 g/mol. The first kappa shape index (κ1) is 9.21. The van der Waals surface area contributed by atoms with Gasteiger partial charge in [-0.3, -0.25) is 3.97 Å². The van der Waals surface area contributed by atoms with Gasteiger partial charge in [-0.05, 0) is 24.0 Å². The third kappa shape index (κ3) is 1.28. The van der Waals surface area contributed by atoms with E-state index in [0.717, 1.165) is 12.8 Å². The maximum Gasteiger partial charge on any atom is 0.235 e. The van der Waals surface area contributed by atoms with Gasteiger partial charge in [-0.2, -0.15) is 0 Å². The van der Waals surface area contributed by atoms with Crippen LogP contribution in [0.15, 0.2) is 24.5 Å². The summed E-state index contributed by atoms with van der Waals surface area (Å²) in [5.41, 5.74) is 2.42. The molecule has 0 amide bonds. The summed E-state index contributed by atoms with van der Waals surface area (Å²) >= 11 is 0. The zero-order chi connectivity index (χ0) is 10.6. The van der Waals surface area contributed by atoms with Gasteiger partial charge in [-0.1, -0.05) is 12.2 Å². The molecule has 3 aliphatic rings. The maximum atomic E-state index is 11.4. The van der Waals surface area contributed by atoms with E-state index in [0.29, 0.717) is 11.8 Å². The van der Waals surface area contributed by atoms with Crippen LogP contribution in [0.5, 0.6) is 0 Å². The topological polar surface area (TPSA) is 39.1 Å². The molecule has 1 aromatic heterocycles. The fraction of sp³-hybridized carbons (Fsp3) is 0.455. The predicted molar refractivity (Wildman–Crippen MR) is 58.5 cm³/mol. The van der Waals surface area contributed by atoms with Gasteiger partial charge in [0, 0.05) is 24.2 Å². The van der Waals surface area contributed by atoms with E-state index in [1.165, 1.54) is 21.4 Å². The van der Waals surface area contributed by atoms with Crippen LogP contribution in [0.4, 0.5) is 0 Å². The molecular weight excluding hydrogens is 210 g/mol.